The third-order valence-corrected chi connectivity index (χ3v) is 3.46. The Balaban J connectivity index is 1.97. The van der Waals surface area contributed by atoms with Gasteiger partial charge in [-0.2, -0.15) is 0 Å². The lowest BCUT2D eigenvalue weighted by Gasteiger charge is -2.04. The molecule has 0 saturated carbocycles. The van der Waals surface area contributed by atoms with Gasteiger partial charge in [-0.15, -0.1) is 0 Å². The van der Waals surface area contributed by atoms with Crippen LogP contribution in [0.25, 0.3) is 32.9 Å². The fourth-order valence-corrected chi connectivity index (χ4v) is 2.47. The highest BCUT2D eigenvalue weighted by atomic mass is 15.0. The van der Waals surface area contributed by atoms with Gasteiger partial charge in [0.25, 0.3) is 0 Å². The second-order valence-electron chi connectivity index (χ2n) is 4.72. The summed E-state index contributed by atoms with van der Waals surface area (Å²) >= 11 is 0. The van der Waals surface area contributed by atoms with Gasteiger partial charge in [0.05, 0.1) is 0 Å². The quantitative estimate of drug-likeness (QED) is 0.486. The molecule has 0 spiro atoms. The fourth-order valence-electron chi connectivity index (χ4n) is 2.47. The molecule has 0 radical (unpaired) electrons. The van der Waals surface area contributed by atoms with Gasteiger partial charge in [0.1, 0.15) is 12.7 Å². The number of hydrogen-bond acceptors (Lipinski definition) is 3. The van der Waals surface area contributed by atoms with Crippen molar-refractivity contribution < 1.29 is 0 Å². The molecule has 0 fully saturated rings. The van der Waals surface area contributed by atoms with Gasteiger partial charge in [0.15, 0.2) is 5.82 Å². The van der Waals surface area contributed by atoms with Crippen LogP contribution in [-0.4, -0.2) is 15.0 Å². The van der Waals surface area contributed by atoms with Crippen molar-refractivity contribution in [2.45, 2.75) is 0 Å². The van der Waals surface area contributed by atoms with Gasteiger partial charge in [0.2, 0.25) is 0 Å². The van der Waals surface area contributed by atoms with Crippen LogP contribution in [0.1, 0.15) is 0 Å². The van der Waals surface area contributed by atoms with Crippen molar-refractivity contribution in [3.8, 4) is 11.4 Å². The summed E-state index contributed by atoms with van der Waals surface area (Å²) in [5.41, 5.74) is 1.01. The number of aromatic nitrogens is 3. The average Bonchev–Trinajstić information content (AvgIpc) is 2.53. The molecule has 4 aromatic rings. The molecule has 94 valence electrons. The van der Waals surface area contributed by atoms with Crippen molar-refractivity contribution in [1.29, 1.82) is 0 Å². The maximum atomic E-state index is 4.20. The lowest BCUT2D eigenvalue weighted by atomic mass is 10.0. The first-order valence-corrected chi connectivity index (χ1v) is 6.45. The monoisotopic (exact) mass is 257 g/mol. The molecule has 1 heterocycles. The summed E-state index contributed by atoms with van der Waals surface area (Å²) in [6.45, 7) is 0. The zero-order valence-corrected chi connectivity index (χ0v) is 10.7. The third-order valence-electron chi connectivity index (χ3n) is 3.46. The van der Waals surface area contributed by atoms with E-state index in [-0.39, 0.29) is 0 Å². The van der Waals surface area contributed by atoms with Crippen molar-refractivity contribution in [3.63, 3.8) is 0 Å². The van der Waals surface area contributed by atoms with Crippen molar-refractivity contribution in [2.75, 3.05) is 0 Å². The van der Waals surface area contributed by atoms with E-state index < -0.39 is 0 Å². The average molecular weight is 257 g/mol. The lowest BCUT2D eigenvalue weighted by molar-refractivity contribution is 1.06. The van der Waals surface area contributed by atoms with Crippen LogP contribution in [0, 0.1) is 0 Å². The van der Waals surface area contributed by atoms with Crippen LogP contribution >= 0.6 is 0 Å². The molecule has 0 aliphatic heterocycles. The van der Waals surface area contributed by atoms with E-state index in [0.29, 0.717) is 5.82 Å². The Morgan fingerprint density at radius 2 is 1.25 bits per heavy atom. The highest BCUT2D eigenvalue weighted by Crippen LogP contribution is 2.26. The number of benzene rings is 3. The molecule has 0 unspecified atom stereocenters. The molecule has 3 aromatic carbocycles. The minimum absolute atomic E-state index is 0.704. The standard InChI is InChI=1S/C17H11N3/c1-2-4-13-8-16-9-15(17-19-10-18-11-20-17)6-5-14(16)7-12(13)3-1/h1-11H. The van der Waals surface area contributed by atoms with Gasteiger partial charge < -0.3 is 0 Å². The molecular formula is C17H11N3. The van der Waals surface area contributed by atoms with Crippen LogP contribution in [0.2, 0.25) is 0 Å². The Morgan fingerprint density at radius 1 is 0.600 bits per heavy atom. The Morgan fingerprint density at radius 3 is 2.00 bits per heavy atom. The maximum absolute atomic E-state index is 4.20. The van der Waals surface area contributed by atoms with E-state index in [1.165, 1.54) is 34.2 Å². The van der Waals surface area contributed by atoms with E-state index >= 15 is 0 Å². The van der Waals surface area contributed by atoms with Crippen LogP contribution in [0.5, 0.6) is 0 Å². The summed E-state index contributed by atoms with van der Waals surface area (Å²) in [6, 6.07) is 19.1. The largest absolute Gasteiger partial charge is 0.225 e. The minimum atomic E-state index is 0.704. The molecule has 4 rings (SSSR count). The molecule has 20 heavy (non-hydrogen) atoms. The highest BCUT2D eigenvalue weighted by molar-refractivity contribution is 5.99. The van der Waals surface area contributed by atoms with Gasteiger partial charge in [-0.3, -0.25) is 0 Å². The molecular weight excluding hydrogens is 246 g/mol. The van der Waals surface area contributed by atoms with Crippen LogP contribution in [0.3, 0.4) is 0 Å². The molecule has 3 heteroatoms. The second-order valence-corrected chi connectivity index (χ2v) is 4.72. The van der Waals surface area contributed by atoms with Crippen molar-refractivity contribution >= 4 is 21.5 Å². The topological polar surface area (TPSA) is 38.7 Å². The van der Waals surface area contributed by atoms with Gasteiger partial charge in [0, 0.05) is 5.56 Å². The molecule has 0 amide bonds. The van der Waals surface area contributed by atoms with Crippen molar-refractivity contribution in [3.05, 3.63) is 67.3 Å². The third kappa shape index (κ3) is 1.80. The molecule has 0 aliphatic carbocycles. The summed E-state index contributed by atoms with van der Waals surface area (Å²) in [5, 5.41) is 4.92. The zero-order chi connectivity index (χ0) is 13.4. The molecule has 0 atom stereocenters. The van der Waals surface area contributed by atoms with E-state index in [0.717, 1.165) is 5.56 Å². The Labute approximate surface area is 116 Å². The number of hydrogen-bond donors (Lipinski definition) is 0. The van der Waals surface area contributed by atoms with E-state index in [2.05, 4.69) is 63.5 Å². The van der Waals surface area contributed by atoms with Gasteiger partial charge in [-0.25, -0.2) is 15.0 Å². The first kappa shape index (κ1) is 11.1. The molecule has 0 N–H and O–H groups in total. The lowest BCUT2D eigenvalue weighted by Crippen LogP contribution is -1.88. The normalized spacial score (nSPS) is 11.0. The first-order chi connectivity index (χ1) is 9.90. The van der Waals surface area contributed by atoms with E-state index in [1.54, 1.807) is 0 Å². The van der Waals surface area contributed by atoms with Crippen LogP contribution < -0.4 is 0 Å². The Bertz CT molecular complexity index is 901. The summed E-state index contributed by atoms with van der Waals surface area (Å²) < 4.78 is 0. The molecule has 1 aromatic heterocycles. The molecule has 3 nitrogen and oxygen atoms in total. The number of fused-ring (bicyclic) bond motifs is 2. The fraction of sp³-hybridized carbons (Fsp3) is 0. The molecule has 0 aliphatic rings. The highest BCUT2D eigenvalue weighted by Gasteiger charge is 2.03. The van der Waals surface area contributed by atoms with Crippen LogP contribution in [0.15, 0.2) is 67.3 Å². The Kier molecular flexibility index (Phi) is 2.42. The predicted octanol–water partition coefficient (Wildman–Crippen LogP) is 3.85. The smallest absolute Gasteiger partial charge is 0.162 e. The SMILES string of the molecule is c1ccc2cc3cc(-c4ncncn4)ccc3cc2c1. The van der Waals surface area contributed by atoms with E-state index in [4.69, 9.17) is 0 Å². The van der Waals surface area contributed by atoms with Crippen LogP contribution in [-0.2, 0) is 0 Å². The van der Waals surface area contributed by atoms with Gasteiger partial charge in [-0.05, 0) is 39.7 Å². The van der Waals surface area contributed by atoms with E-state index in [1.807, 2.05) is 6.07 Å². The van der Waals surface area contributed by atoms with Crippen LogP contribution in [0.4, 0.5) is 0 Å². The van der Waals surface area contributed by atoms with Crippen molar-refractivity contribution in [1.82, 2.24) is 15.0 Å². The predicted molar refractivity (Wildman–Crippen MR) is 80.3 cm³/mol. The Hall–Kier alpha value is -2.81. The molecule has 0 saturated heterocycles. The minimum Gasteiger partial charge on any atom is -0.225 e. The van der Waals surface area contributed by atoms with E-state index in [9.17, 15) is 0 Å². The summed E-state index contributed by atoms with van der Waals surface area (Å²) in [4.78, 5) is 12.2. The summed E-state index contributed by atoms with van der Waals surface area (Å²) in [7, 11) is 0. The maximum Gasteiger partial charge on any atom is 0.162 e. The molecule has 0 bridgehead atoms. The number of rotatable bonds is 1. The number of nitrogens with zero attached hydrogens (tertiary/aromatic N) is 3. The van der Waals surface area contributed by atoms with Gasteiger partial charge in [-0.1, -0.05) is 36.4 Å². The summed E-state index contributed by atoms with van der Waals surface area (Å²) in [6.07, 6.45) is 3.04. The van der Waals surface area contributed by atoms with Gasteiger partial charge >= 0.3 is 0 Å². The van der Waals surface area contributed by atoms with Crippen molar-refractivity contribution in [2.24, 2.45) is 0 Å². The second kappa shape index (κ2) is 4.38. The first-order valence-electron chi connectivity index (χ1n) is 6.45. The summed E-state index contributed by atoms with van der Waals surface area (Å²) in [5.74, 6) is 0.704. The zero-order valence-electron chi connectivity index (χ0n) is 10.7.